The van der Waals surface area contributed by atoms with Gasteiger partial charge in [-0.3, -0.25) is 14.9 Å². The number of ether oxygens (including phenoxy) is 1. The Kier molecular flexibility index (Phi) is 6.96. The summed E-state index contributed by atoms with van der Waals surface area (Å²) in [5.74, 6) is -0.224. The zero-order valence-corrected chi connectivity index (χ0v) is 17.6. The summed E-state index contributed by atoms with van der Waals surface area (Å²) in [6.07, 6.45) is 1.35. The summed E-state index contributed by atoms with van der Waals surface area (Å²) in [5, 5.41) is 23.0. The maximum atomic E-state index is 12.4. The van der Waals surface area contributed by atoms with Gasteiger partial charge in [0.2, 0.25) is 0 Å². The van der Waals surface area contributed by atoms with Gasteiger partial charge in [0.05, 0.1) is 21.0 Å². The van der Waals surface area contributed by atoms with Gasteiger partial charge in [-0.25, -0.2) is 0 Å². The summed E-state index contributed by atoms with van der Waals surface area (Å²) in [4.78, 5) is 22.8. The smallest absolute Gasteiger partial charge is 0.294 e. The standard InChI is InChI=1S/C17H10Br2ClN3O4/c1-27-16-12(18)5-9(6-13(16)19)4-10(8-21)17(24)22-14-3-2-11(20)7-15(14)23(25)26/h2-7H,1H3,(H,22,24)/b10-4+. The average Bonchev–Trinajstić information content (AvgIpc) is 2.60. The Labute approximate surface area is 176 Å². The van der Waals surface area contributed by atoms with Crippen LogP contribution in [0.5, 0.6) is 5.75 Å². The van der Waals surface area contributed by atoms with Crippen LogP contribution in [-0.4, -0.2) is 17.9 Å². The molecule has 27 heavy (non-hydrogen) atoms. The van der Waals surface area contributed by atoms with Gasteiger partial charge < -0.3 is 10.1 Å². The number of halogens is 3. The van der Waals surface area contributed by atoms with E-state index in [1.165, 1.54) is 25.3 Å². The largest absolute Gasteiger partial charge is 0.494 e. The number of nitrogens with zero attached hydrogens (tertiary/aromatic N) is 2. The van der Waals surface area contributed by atoms with Gasteiger partial charge in [0.15, 0.2) is 0 Å². The normalized spacial score (nSPS) is 10.9. The van der Waals surface area contributed by atoms with E-state index in [2.05, 4.69) is 37.2 Å². The number of nitro benzene ring substituents is 1. The van der Waals surface area contributed by atoms with E-state index in [1.54, 1.807) is 18.2 Å². The lowest BCUT2D eigenvalue weighted by Crippen LogP contribution is -2.14. The molecule has 2 aromatic carbocycles. The molecular weight excluding hydrogens is 505 g/mol. The molecule has 0 unspecified atom stereocenters. The third kappa shape index (κ3) is 5.07. The van der Waals surface area contributed by atoms with E-state index in [0.717, 1.165) is 6.07 Å². The molecule has 0 aliphatic heterocycles. The van der Waals surface area contributed by atoms with Crippen LogP contribution in [0.25, 0.3) is 6.08 Å². The molecule has 0 saturated carbocycles. The number of benzene rings is 2. The molecule has 1 amide bonds. The number of methoxy groups -OCH3 is 1. The van der Waals surface area contributed by atoms with Gasteiger partial charge in [0, 0.05) is 11.1 Å². The van der Waals surface area contributed by atoms with E-state index < -0.39 is 10.8 Å². The minimum atomic E-state index is -0.786. The summed E-state index contributed by atoms with van der Waals surface area (Å²) >= 11 is 12.4. The molecule has 0 heterocycles. The summed E-state index contributed by atoms with van der Waals surface area (Å²) in [6.45, 7) is 0. The van der Waals surface area contributed by atoms with Crippen molar-refractivity contribution in [1.82, 2.24) is 0 Å². The quantitative estimate of drug-likeness (QED) is 0.251. The molecule has 1 N–H and O–H groups in total. The maximum absolute atomic E-state index is 12.4. The number of carbonyl (C=O) groups excluding carboxylic acids is 1. The number of amides is 1. The van der Waals surface area contributed by atoms with Gasteiger partial charge in [-0.1, -0.05) is 11.6 Å². The van der Waals surface area contributed by atoms with Crippen LogP contribution in [0.15, 0.2) is 44.9 Å². The van der Waals surface area contributed by atoms with Crippen LogP contribution in [0, 0.1) is 21.4 Å². The molecule has 0 aliphatic rings. The van der Waals surface area contributed by atoms with Crippen molar-refractivity contribution in [1.29, 1.82) is 5.26 Å². The fraction of sp³-hybridized carbons (Fsp3) is 0.0588. The van der Waals surface area contributed by atoms with E-state index >= 15 is 0 Å². The molecule has 0 aromatic heterocycles. The van der Waals surface area contributed by atoms with Gasteiger partial charge in [0.1, 0.15) is 23.1 Å². The van der Waals surface area contributed by atoms with Crippen LogP contribution < -0.4 is 10.1 Å². The van der Waals surface area contributed by atoms with Crippen molar-refractivity contribution in [3.63, 3.8) is 0 Å². The molecule has 10 heteroatoms. The molecule has 2 aromatic rings. The molecule has 0 saturated heterocycles. The van der Waals surface area contributed by atoms with Crippen LogP contribution in [0.3, 0.4) is 0 Å². The van der Waals surface area contributed by atoms with Crippen LogP contribution in [0.4, 0.5) is 11.4 Å². The highest BCUT2D eigenvalue weighted by Crippen LogP contribution is 2.35. The number of hydrogen-bond donors (Lipinski definition) is 1. The Morgan fingerprint density at radius 2 is 1.96 bits per heavy atom. The van der Waals surface area contributed by atoms with Gasteiger partial charge in [-0.05, 0) is 67.8 Å². The molecule has 0 aliphatic carbocycles. The third-order valence-corrected chi connectivity index (χ3v) is 4.72. The Morgan fingerprint density at radius 3 is 2.48 bits per heavy atom. The van der Waals surface area contributed by atoms with Crippen molar-refractivity contribution in [2.24, 2.45) is 0 Å². The number of anilines is 1. The van der Waals surface area contributed by atoms with Crippen molar-refractivity contribution < 1.29 is 14.5 Å². The highest BCUT2D eigenvalue weighted by atomic mass is 79.9. The first kappa shape index (κ1) is 20.9. The maximum Gasteiger partial charge on any atom is 0.294 e. The van der Waals surface area contributed by atoms with Crippen molar-refractivity contribution in [3.8, 4) is 11.8 Å². The molecule has 0 bridgehead atoms. The highest BCUT2D eigenvalue weighted by Gasteiger charge is 2.19. The second kappa shape index (κ2) is 8.99. The molecule has 0 spiro atoms. The van der Waals surface area contributed by atoms with Crippen molar-refractivity contribution in [2.75, 3.05) is 12.4 Å². The summed E-state index contributed by atoms with van der Waals surface area (Å²) in [7, 11) is 1.51. The first-order valence-electron chi connectivity index (χ1n) is 7.17. The van der Waals surface area contributed by atoms with Crippen molar-refractivity contribution in [2.45, 2.75) is 0 Å². The minimum Gasteiger partial charge on any atom is -0.494 e. The monoisotopic (exact) mass is 513 g/mol. The second-order valence-corrected chi connectivity index (χ2v) is 7.21. The van der Waals surface area contributed by atoms with E-state index in [1.807, 2.05) is 0 Å². The van der Waals surface area contributed by atoms with Crippen LogP contribution in [-0.2, 0) is 4.79 Å². The summed E-state index contributed by atoms with van der Waals surface area (Å²) < 4.78 is 6.44. The fourth-order valence-electron chi connectivity index (χ4n) is 2.12. The number of nitrogens with one attached hydrogen (secondary N) is 1. The van der Waals surface area contributed by atoms with Gasteiger partial charge in [-0.15, -0.1) is 0 Å². The zero-order valence-electron chi connectivity index (χ0n) is 13.6. The molecule has 2 rings (SSSR count). The van der Waals surface area contributed by atoms with Gasteiger partial charge in [0.25, 0.3) is 11.6 Å². The minimum absolute atomic E-state index is 0.0624. The van der Waals surface area contributed by atoms with Crippen LogP contribution in [0.1, 0.15) is 5.56 Å². The first-order valence-corrected chi connectivity index (χ1v) is 9.13. The Balaban J connectivity index is 2.36. The molecule has 0 fully saturated rings. The Bertz CT molecular complexity index is 979. The predicted octanol–water partition coefficient (Wildman–Crippen LogP) is 5.33. The van der Waals surface area contributed by atoms with E-state index in [4.69, 9.17) is 16.3 Å². The highest BCUT2D eigenvalue weighted by molar-refractivity contribution is 9.11. The summed E-state index contributed by atoms with van der Waals surface area (Å²) in [6, 6.07) is 8.94. The number of nitriles is 1. The van der Waals surface area contributed by atoms with Gasteiger partial charge in [-0.2, -0.15) is 5.26 Å². The van der Waals surface area contributed by atoms with E-state index in [9.17, 15) is 20.2 Å². The topological polar surface area (TPSA) is 105 Å². The molecule has 0 atom stereocenters. The second-order valence-electron chi connectivity index (χ2n) is 5.06. The lowest BCUT2D eigenvalue weighted by Gasteiger charge is -2.08. The number of rotatable bonds is 5. The molecule has 138 valence electrons. The Morgan fingerprint density at radius 1 is 1.33 bits per heavy atom. The predicted molar refractivity (Wildman–Crippen MR) is 109 cm³/mol. The lowest BCUT2D eigenvalue weighted by atomic mass is 10.1. The Hall–Kier alpha value is -2.41. The van der Waals surface area contributed by atoms with E-state index in [-0.39, 0.29) is 22.0 Å². The number of carbonyl (C=O) groups is 1. The first-order chi connectivity index (χ1) is 12.8. The SMILES string of the molecule is COc1c(Br)cc(/C=C(\C#N)C(=O)Nc2ccc(Cl)cc2[N+](=O)[O-])cc1Br. The van der Waals surface area contributed by atoms with Crippen molar-refractivity contribution >= 4 is 66.8 Å². The van der Waals surface area contributed by atoms with Crippen LogP contribution >= 0.6 is 43.5 Å². The average molecular weight is 516 g/mol. The lowest BCUT2D eigenvalue weighted by molar-refractivity contribution is -0.383. The fourth-order valence-corrected chi connectivity index (χ4v) is 3.84. The number of hydrogen-bond acceptors (Lipinski definition) is 5. The molecule has 7 nitrogen and oxygen atoms in total. The number of nitro groups is 1. The molecule has 0 radical (unpaired) electrons. The molecular formula is C17H10Br2ClN3O4. The summed E-state index contributed by atoms with van der Waals surface area (Å²) in [5.41, 5.74) is -0.120. The van der Waals surface area contributed by atoms with E-state index in [0.29, 0.717) is 20.3 Å². The third-order valence-electron chi connectivity index (χ3n) is 3.31. The zero-order chi connectivity index (χ0) is 20.1. The van der Waals surface area contributed by atoms with Crippen molar-refractivity contribution in [3.05, 3.63) is 65.6 Å². The van der Waals surface area contributed by atoms with Gasteiger partial charge >= 0.3 is 0 Å². The van der Waals surface area contributed by atoms with Crippen LogP contribution in [0.2, 0.25) is 5.02 Å².